The van der Waals surface area contributed by atoms with Crippen LogP contribution >= 0.6 is 0 Å². The summed E-state index contributed by atoms with van der Waals surface area (Å²) in [6, 6.07) is 0. The molecule has 138 valence electrons. The molecule has 9 atom stereocenters. The van der Waals surface area contributed by atoms with Gasteiger partial charge in [-0.15, -0.1) is 6.42 Å². The van der Waals surface area contributed by atoms with Crippen LogP contribution in [0.25, 0.3) is 0 Å². The summed E-state index contributed by atoms with van der Waals surface area (Å²) >= 11 is 0. The van der Waals surface area contributed by atoms with Gasteiger partial charge >= 0.3 is 0 Å². The van der Waals surface area contributed by atoms with E-state index in [1.807, 2.05) is 0 Å². The Hall–Kier alpha value is -0.890. The van der Waals surface area contributed by atoms with E-state index in [4.69, 9.17) is 6.42 Å². The lowest BCUT2D eigenvalue weighted by Crippen LogP contribution is -2.58. The fourth-order valence-electron chi connectivity index (χ4n) is 6.91. The summed E-state index contributed by atoms with van der Waals surface area (Å²) in [5.74, 6) is 2.95. The van der Waals surface area contributed by atoms with E-state index < -0.39 is 29.4 Å². The second kappa shape index (κ2) is 5.31. The molecular formula is C21H29FO3. The first-order valence-corrected chi connectivity index (χ1v) is 9.60. The summed E-state index contributed by atoms with van der Waals surface area (Å²) in [4.78, 5) is 0. The van der Waals surface area contributed by atoms with Crippen LogP contribution in [0.2, 0.25) is 0 Å². The highest BCUT2D eigenvalue weighted by molar-refractivity contribution is 5.33. The van der Waals surface area contributed by atoms with E-state index in [0.29, 0.717) is 18.4 Å². The molecule has 4 heteroatoms. The molecule has 3 nitrogen and oxygen atoms in total. The van der Waals surface area contributed by atoms with E-state index in [1.54, 1.807) is 6.08 Å². The molecular weight excluding hydrogens is 319 g/mol. The number of rotatable bonds is 0. The molecule has 25 heavy (non-hydrogen) atoms. The average molecular weight is 348 g/mol. The van der Waals surface area contributed by atoms with Gasteiger partial charge in [-0.05, 0) is 67.3 Å². The van der Waals surface area contributed by atoms with Gasteiger partial charge in [0, 0.05) is 5.41 Å². The number of terminal acetylenes is 1. The third-order valence-electron chi connectivity index (χ3n) is 8.54. The Labute approximate surface area is 149 Å². The van der Waals surface area contributed by atoms with Crippen molar-refractivity contribution in [3.63, 3.8) is 0 Å². The van der Waals surface area contributed by atoms with E-state index in [9.17, 15) is 19.7 Å². The minimum absolute atomic E-state index is 0.00248. The van der Waals surface area contributed by atoms with Gasteiger partial charge in [-0.25, -0.2) is 4.39 Å². The topological polar surface area (TPSA) is 60.7 Å². The number of fused-ring (bicyclic) bond motifs is 5. The Morgan fingerprint density at radius 1 is 1.12 bits per heavy atom. The molecule has 0 aromatic heterocycles. The van der Waals surface area contributed by atoms with E-state index >= 15 is 0 Å². The zero-order valence-corrected chi connectivity index (χ0v) is 15.1. The lowest BCUT2D eigenvalue weighted by atomic mass is 9.46. The zero-order valence-electron chi connectivity index (χ0n) is 15.1. The third-order valence-corrected chi connectivity index (χ3v) is 8.54. The molecule has 0 aliphatic heterocycles. The fraction of sp³-hybridized carbons (Fsp3) is 0.810. The van der Waals surface area contributed by atoms with Gasteiger partial charge in [0.15, 0.2) is 0 Å². The van der Waals surface area contributed by atoms with Crippen LogP contribution in [-0.4, -0.2) is 39.3 Å². The molecule has 4 aliphatic rings. The van der Waals surface area contributed by atoms with E-state index in [-0.39, 0.29) is 23.2 Å². The van der Waals surface area contributed by atoms with Crippen LogP contribution in [0.3, 0.4) is 0 Å². The average Bonchev–Trinajstić information content (AvgIpc) is 2.86. The van der Waals surface area contributed by atoms with Crippen LogP contribution in [-0.2, 0) is 0 Å². The SMILES string of the molecule is C#C[C@]1(O)CC[C@H]2[C@@H]3[C@@H](O)C=C4[C@H](F)[C@@H](O)CC[C@]4(C)[C@H]3CC[C@@]21C. The second-order valence-corrected chi connectivity index (χ2v) is 9.33. The predicted octanol–water partition coefficient (Wildman–Crippen LogP) is 2.59. The summed E-state index contributed by atoms with van der Waals surface area (Å²) in [5.41, 5.74) is -1.23. The number of alkyl halides is 1. The van der Waals surface area contributed by atoms with E-state index in [2.05, 4.69) is 19.8 Å². The maximum absolute atomic E-state index is 14.7. The van der Waals surface area contributed by atoms with Gasteiger partial charge in [-0.3, -0.25) is 0 Å². The van der Waals surface area contributed by atoms with Crippen molar-refractivity contribution in [2.75, 3.05) is 0 Å². The standard InChI is InChI=1S/C21H29FO3/c1-4-21(25)10-6-13-17-12(5-9-20(13,21)3)19(2)8-7-15(23)18(22)14(19)11-16(17)24/h1,11-13,15-18,23-25H,5-10H2,2-3H3/t12-,13-,15-,16-,17+,18-,19+,20-,21-/m0/s1. The number of hydrogen-bond acceptors (Lipinski definition) is 3. The van der Waals surface area contributed by atoms with Crippen molar-refractivity contribution >= 4 is 0 Å². The number of aliphatic hydroxyl groups excluding tert-OH is 2. The Balaban J connectivity index is 1.77. The molecule has 4 aliphatic carbocycles. The summed E-state index contributed by atoms with van der Waals surface area (Å²) < 4.78 is 14.7. The highest BCUT2D eigenvalue weighted by Crippen LogP contribution is 2.67. The molecule has 0 heterocycles. The minimum Gasteiger partial charge on any atom is -0.390 e. The molecule has 4 rings (SSSR count). The molecule has 0 aromatic rings. The predicted molar refractivity (Wildman–Crippen MR) is 93.2 cm³/mol. The van der Waals surface area contributed by atoms with Crippen LogP contribution in [0.15, 0.2) is 11.6 Å². The number of aliphatic hydroxyl groups is 3. The summed E-state index contributed by atoms with van der Waals surface area (Å²) in [7, 11) is 0. The Morgan fingerprint density at radius 2 is 1.80 bits per heavy atom. The quantitative estimate of drug-likeness (QED) is 0.466. The lowest BCUT2D eigenvalue weighted by Gasteiger charge is -2.59. The molecule has 0 bridgehead atoms. The Morgan fingerprint density at radius 3 is 2.48 bits per heavy atom. The largest absolute Gasteiger partial charge is 0.390 e. The molecule has 0 amide bonds. The van der Waals surface area contributed by atoms with Gasteiger partial charge in [0.25, 0.3) is 0 Å². The van der Waals surface area contributed by atoms with Crippen molar-refractivity contribution in [3.05, 3.63) is 11.6 Å². The third kappa shape index (κ3) is 2.04. The smallest absolute Gasteiger partial charge is 0.148 e. The van der Waals surface area contributed by atoms with Crippen molar-refractivity contribution in [1.82, 2.24) is 0 Å². The van der Waals surface area contributed by atoms with Gasteiger partial charge in [0.05, 0.1) is 12.2 Å². The first-order valence-electron chi connectivity index (χ1n) is 9.60. The Bertz CT molecular complexity index is 654. The van der Waals surface area contributed by atoms with Gasteiger partial charge in [0.1, 0.15) is 11.8 Å². The van der Waals surface area contributed by atoms with Gasteiger partial charge in [-0.2, -0.15) is 0 Å². The maximum atomic E-state index is 14.7. The molecule has 3 N–H and O–H groups in total. The van der Waals surface area contributed by atoms with E-state index in [1.165, 1.54) is 0 Å². The highest BCUT2D eigenvalue weighted by atomic mass is 19.1. The maximum Gasteiger partial charge on any atom is 0.148 e. The monoisotopic (exact) mass is 348 g/mol. The molecule has 3 saturated carbocycles. The van der Waals surface area contributed by atoms with Crippen LogP contribution in [0.5, 0.6) is 0 Å². The molecule has 0 spiro atoms. The lowest BCUT2D eigenvalue weighted by molar-refractivity contribution is -0.127. The van der Waals surface area contributed by atoms with E-state index in [0.717, 1.165) is 25.7 Å². The first-order chi connectivity index (χ1) is 11.7. The van der Waals surface area contributed by atoms with Crippen LogP contribution in [0.4, 0.5) is 4.39 Å². The second-order valence-electron chi connectivity index (χ2n) is 9.33. The summed E-state index contributed by atoms with van der Waals surface area (Å²) in [6.07, 6.45) is 8.48. The molecule has 3 fully saturated rings. The Kier molecular flexibility index (Phi) is 3.72. The highest BCUT2D eigenvalue weighted by Gasteiger charge is 2.65. The molecule has 0 aromatic carbocycles. The van der Waals surface area contributed by atoms with Crippen LogP contribution in [0.1, 0.15) is 52.4 Å². The summed E-state index contributed by atoms with van der Waals surface area (Å²) in [5, 5.41) is 31.8. The van der Waals surface area contributed by atoms with Crippen molar-refractivity contribution in [2.24, 2.45) is 28.6 Å². The van der Waals surface area contributed by atoms with Crippen molar-refractivity contribution in [3.8, 4) is 12.3 Å². The summed E-state index contributed by atoms with van der Waals surface area (Å²) in [6.45, 7) is 4.17. The van der Waals surface area contributed by atoms with Gasteiger partial charge in [0.2, 0.25) is 0 Å². The number of hydrogen-bond donors (Lipinski definition) is 3. The fourth-order valence-corrected chi connectivity index (χ4v) is 6.91. The van der Waals surface area contributed by atoms with Crippen molar-refractivity contribution in [1.29, 1.82) is 0 Å². The first kappa shape index (κ1) is 17.5. The number of halogens is 1. The molecule has 0 saturated heterocycles. The molecule has 0 radical (unpaired) electrons. The zero-order chi connectivity index (χ0) is 18.2. The van der Waals surface area contributed by atoms with Gasteiger partial charge < -0.3 is 15.3 Å². The van der Waals surface area contributed by atoms with Crippen molar-refractivity contribution in [2.45, 2.75) is 76.4 Å². The van der Waals surface area contributed by atoms with Gasteiger partial charge in [-0.1, -0.05) is 25.8 Å². The van der Waals surface area contributed by atoms with Crippen molar-refractivity contribution < 1.29 is 19.7 Å². The van der Waals surface area contributed by atoms with Crippen LogP contribution in [0, 0.1) is 40.9 Å². The van der Waals surface area contributed by atoms with Crippen LogP contribution < -0.4 is 0 Å². The minimum atomic E-state index is -1.38. The molecule has 0 unspecified atom stereocenters. The normalized spacial score (nSPS) is 57.7.